The van der Waals surface area contributed by atoms with Gasteiger partial charge in [0.1, 0.15) is 36.9 Å². The summed E-state index contributed by atoms with van der Waals surface area (Å²) in [7, 11) is 0. The van der Waals surface area contributed by atoms with Crippen LogP contribution in [0.3, 0.4) is 0 Å². The molecule has 5 heterocycles. The first-order valence-electron chi connectivity index (χ1n) is 15.3. The number of anilines is 2. The van der Waals surface area contributed by atoms with Gasteiger partial charge in [0.05, 0.1) is 36.6 Å². The van der Waals surface area contributed by atoms with Crippen molar-refractivity contribution in [3.05, 3.63) is 40.1 Å². The van der Waals surface area contributed by atoms with E-state index in [0.29, 0.717) is 53.6 Å². The lowest BCUT2D eigenvalue weighted by Gasteiger charge is -2.57. The molecular weight excluding hydrogens is 561 g/mol. The summed E-state index contributed by atoms with van der Waals surface area (Å²) in [6, 6.07) is 6.23. The minimum atomic E-state index is -3.06. The van der Waals surface area contributed by atoms with Gasteiger partial charge in [0.25, 0.3) is 5.92 Å². The number of benzene rings is 1. The standard InChI is InChI=1S/C31H35F3N6O3/c32-20-10-29(4-1-5-40(29)13-20)16-42-28-37-25-11-31(19-8-18(9-19)21-2-3-24(36)22(12-35)26(21)31)43-14-23(25)27(38-28)39-6-7-41-17-30(33,34)15-39/h2-3,18-20H,1,4-11,13-17,36H2/t18?,19?,20-,29+,31-/m1/s1. The van der Waals surface area contributed by atoms with Crippen molar-refractivity contribution in [2.24, 2.45) is 5.92 Å². The van der Waals surface area contributed by atoms with Crippen LogP contribution in [0.1, 0.15) is 66.0 Å². The van der Waals surface area contributed by atoms with E-state index < -0.39 is 36.4 Å². The quantitative estimate of drug-likeness (QED) is 0.527. The Labute approximate surface area is 248 Å². The fourth-order valence-electron chi connectivity index (χ4n) is 8.68. The van der Waals surface area contributed by atoms with Crippen molar-refractivity contribution in [2.75, 3.05) is 56.6 Å². The van der Waals surface area contributed by atoms with Crippen molar-refractivity contribution < 1.29 is 27.4 Å². The third-order valence-electron chi connectivity index (χ3n) is 10.8. The summed E-state index contributed by atoms with van der Waals surface area (Å²) in [5.41, 5.74) is 9.17. The number of nitrogens with zero attached hydrogens (tertiary/aromatic N) is 5. The van der Waals surface area contributed by atoms with Crippen molar-refractivity contribution in [3.8, 4) is 12.1 Å². The molecule has 4 aliphatic heterocycles. The van der Waals surface area contributed by atoms with Crippen molar-refractivity contribution >= 4 is 11.5 Å². The maximum absolute atomic E-state index is 14.7. The van der Waals surface area contributed by atoms with E-state index in [1.165, 1.54) is 0 Å². The van der Waals surface area contributed by atoms with Crippen LogP contribution in [0.4, 0.5) is 24.7 Å². The molecule has 1 aromatic heterocycles. The highest BCUT2D eigenvalue weighted by atomic mass is 19.3. The zero-order chi connectivity index (χ0) is 29.6. The number of nitrogen functional groups attached to an aromatic ring is 1. The molecule has 0 radical (unpaired) electrons. The van der Waals surface area contributed by atoms with Gasteiger partial charge in [0.15, 0.2) is 0 Å². The number of nitriles is 1. The first-order chi connectivity index (χ1) is 20.7. The van der Waals surface area contributed by atoms with Gasteiger partial charge >= 0.3 is 6.01 Å². The Morgan fingerprint density at radius 2 is 2.07 bits per heavy atom. The number of aromatic nitrogens is 2. The van der Waals surface area contributed by atoms with Gasteiger partial charge in [-0.05, 0) is 55.7 Å². The summed E-state index contributed by atoms with van der Waals surface area (Å²) in [5.74, 6) is -2.16. The molecule has 2 aromatic rings. The van der Waals surface area contributed by atoms with E-state index in [1.807, 2.05) is 6.07 Å². The number of hydrogen-bond donors (Lipinski definition) is 1. The van der Waals surface area contributed by atoms with E-state index in [4.69, 9.17) is 29.9 Å². The normalized spacial score (nSPS) is 34.1. The molecule has 0 amide bonds. The minimum Gasteiger partial charge on any atom is -0.461 e. The molecule has 7 aliphatic rings. The maximum atomic E-state index is 14.7. The smallest absolute Gasteiger partial charge is 0.318 e. The number of rotatable bonds is 4. The molecule has 2 bridgehead atoms. The lowest BCUT2D eigenvalue weighted by Crippen LogP contribution is -2.53. The molecule has 4 fully saturated rings. The second kappa shape index (κ2) is 9.68. The van der Waals surface area contributed by atoms with E-state index in [1.54, 1.807) is 11.0 Å². The Kier molecular flexibility index (Phi) is 6.17. The highest BCUT2D eigenvalue weighted by molar-refractivity contribution is 5.65. The molecule has 2 N–H and O–H groups in total. The Hall–Kier alpha value is -3.14. The summed E-state index contributed by atoms with van der Waals surface area (Å²) >= 11 is 0. The van der Waals surface area contributed by atoms with Crippen molar-refractivity contribution in [1.82, 2.24) is 14.9 Å². The van der Waals surface area contributed by atoms with Crippen LogP contribution in [-0.4, -0.2) is 78.5 Å². The van der Waals surface area contributed by atoms with E-state index in [2.05, 4.69) is 11.0 Å². The molecule has 12 heteroatoms. The summed E-state index contributed by atoms with van der Waals surface area (Å²) in [6.45, 7) is 0.721. The maximum Gasteiger partial charge on any atom is 0.318 e. The fraction of sp³-hybridized carbons (Fsp3) is 0.645. The molecule has 1 spiro atoms. The third kappa shape index (κ3) is 4.22. The van der Waals surface area contributed by atoms with E-state index in [-0.39, 0.29) is 38.3 Å². The lowest BCUT2D eigenvalue weighted by molar-refractivity contribution is -0.151. The van der Waals surface area contributed by atoms with Gasteiger partial charge in [-0.15, -0.1) is 0 Å². The van der Waals surface area contributed by atoms with Gasteiger partial charge in [-0.2, -0.15) is 15.2 Å². The average molecular weight is 597 g/mol. The topological polar surface area (TPSA) is 110 Å². The van der Waals surface area contributed by atoms with E-state index in [9.17, 15) is 18.4 Å². The highest BCUT2D eigenvalue weighted by Crippen LogP contribution is 2.62. The van der Waals surface area contributed by atoms with Gasteiger partial charge in [-0.3, -0.25) is 4.90 Å². The molecule has 9 nitrogen and oxygen atoms in total. The van der Waals surface area contributed by atoms with E-state index >= 15 is 0 Å². The molecule has 43 heavy (non-hydrogen) atoms. The van der Waals surface area contributed by atoms with Gasteiger partial charge in [0.2, 0.25) is 0 Å². The van der Waals surface area contributed by atoms with Gasteiger partial charge in [0, 0.05) is 42.7 Å². The number of halogens is 3. The number of ether oxygens (including phenoxy) is 3. The number of hydrogen-bond acceptors (Lipinski definition) is 9. The summed E-state index contributed by atoms with van der Waals surface area (Å²) in [5, 5.41) is 10.1. The molecule has 228 valence electrons. The third-order valence-corrected chi connectivity index (χ3v) is 10.8. The highest BCUT2D eigenvalue weighted by Gasteiger charge is 2.58. The first-order valence-corrected chi connectivity index (χ1v) is 15.3. The second-order valence-electron chi connectivity index (χ2n) is 13.3. The summed E-state index contributed by atoms with van der Waals surface area (Å²) < 4.78 is 62.2. The Morgan fingerprint density at radius 1 is 1.21 bits per heavy atom. The SMILES string of the molecule is N#Cc1c(N)ccc2c1[C@@]1(Cc3nc(OC[C@@]45CCCN4C[C@H](F)C5)nc(N4CCOCC(F)(F)C4)c3CO1)C1CC2C1. The molecular formula is C31H35F3N6O3. The van der Waals surface area contributed by atoms with Crippen molar-refractivity contribution in [2.45, 2.75) is 74.3 Å². The molecule has 9 rings (SSSR count). The zero-order valence-corrected chi connectivity index (χ0v) is 24.0. The molecule has 3 aliphatic carbocycles. The molecule has 3 atom stereocenters. The van der Waals surface area contributed by atoms with Crippen LogP contribution in [0.15, 0.2) is 12.1 Å². The lowest BCUT2D eigenvalue weighted by atomic mass is 9.53. The Balaban J connectivity index is 1.20. The first kappa shape index (κ1) is 27.4. The van der Waals surface area contributed by atoms with Crippen LogP contribution in [-0.2, 0) is 28.1 Å². The van der Waals surface area contributed by atoms with Crippen LogP contribution in [0.2, 0.25) is 0 Å². The Morgan fingerprint density at radius 3 is 2.91 bits per heavy atom. The van der Waals surface area contributed by atoms with Gasteiger partial charge < -0.3 is 24.8 Å². The minimum absolute atomic E-state index is 0.0958. The van der Waals surface area contributed by atoms with Gasteiger partial charge in [-0.1, -0.05) is 6.07 Å². The fourth-order valence-corrected chi connectivity index (χ4v) is 8.68. The van der Waals surface area contributed by atoms with Crippen molar-refractivity contribution in [3.63, 3.8) is 0 Å². The average Bonchev–Trinajstić information content (AvgIpc) is 3.41. The van der Waals surface area contributed by atoms with Crippen LogP contribution < -0.4 is 15.4 Å². The Bertz CT molecular complexity index is 1510. The molecule has 1 aromatic carbocycles. The summed E-state index contributed by atoms with van der Waals surface area (Å²) in [4.78, 5) is 13.3. The van der Waals surface area contributed by atoms with Crippen LogP contribution in [0.5, 0.6) is 6.01 Å². The molecule has 3 saturated heterocycles. The van der Waals surface area contributed by atoms with Crippen LogP contribution >= 0.6 is 0 Å². The second-order valence-corrected chi connectivity index (χ2v) is 13.3. The summed E-state index contributed by atoms with van der Waals surface area (Å²) in [6.07, 6.45) is 3.53. The monoisotopic (exact) mass is 596 g/mol. The van der Waals surface area contributed by atoms with E-state index in [0.717, 1.165) is 43.4 Å². The van der Waals surface area contributed by atoms with Crippen LogP contribution in [0.25, 0.3) is 0 Å². The number of fused-ring (bicyclic) bond motifs is 2. The largest absolute Gasteiger partial charge is 0.461 e. The van der Waals surface area contributed by atoms with Gasteiger partial charge in [-0.25, -0.2) is 13.2 Å². The predicted molar refractivity (Wildman–Crippen MR) is 150 cm³/mol. The predicted octanol–water partition coefficient (Wildman–Crippen LogP) is 3.83. The van der Waals surface area contributed by atoms with Crippen molar-refractivity contribution in [1.29, 1.82) is 5.26 Å². The zero-order valence-electron chi connectivity index (χ0n) is 24.0. The molecule has 1 saturated carbocycles. The van der Waals surface area contributed by atoms with Crippen LogP contribution in [0, 0.1) is 17.2 Å². The molecule has 0 unspecified atom stereocenters. The number of alkyl halides is 3. The number of nitrogens with two attached hydrogens (primary N) is 1.